The van der Waals surface area contributed by atoms with Gasteiger partial charge in [-0.1, -0.05) is 30.3 Å². The Morgan fingerprint density at radius 1 is 1.12 bits per heavy atom. The van der Waals surface area contributed by atoms with E-state index in [1.807, 2.05) is 42.5 Å². The minimum Gasteiger partial charge on any atom is -0.321 e. The molecule has 3 aromatic rings. The van der Waals surface area contributed by atoms with E-state index in [4.69, 9.17) is 16.7 Å². The summed E-state index contributed by atoms with van der Waals surface area (Å²) in [7, 11) is 0. The van der Waals surface area contributed by atoms with Crippen LogP contribution in [0.4, 0.5) is 5.69 Å². The number of aromatic nitrogens is 1. The number of nitrogens with zero attached hydrogens (tertiary/aromatic N) is 3. The lowest BCUT2D eigenvalue weighted by Gasteiger charge is -2.06. The number of hydrogen-bond donors (Lipinski definition) is 3. The average molecular weight is 352 g/mol. The fourth-order valence-electron chi connectivity index (χ4n) is 2.56. The smallest absolute Gasteiger partial charge is 0.190 e. The van der Waals surface area contributed by atoms with Gasteiger partial charge in [-0.15, -0.1) is 11.3 Å². The molecule has 1 aromatic heterocycles. The zero-order valence-corrected chi connectivity index (χ0v) is 14.7. The molecule has 0 spiro atoms. The normalized spacial score (nSPS) is 12.4. The third-order valence-corrected chi connectivity index (χ3v) is 4.68. The van der Waals surface area contributed by atoms with Crippen LogP contribution in [0.1, 0.15) is 12.5 Å². The Bertz CT molecular complexity index is 922. The molecule has 0 atom stereocenters. The maximum atomic E-state index is 5.39. The number of thiazole rings is 1. The largest absolute Gasteiger partial charge is 0.321 e. The zero-order valence-electron chi connectivity index (χ0n) is 13.9. The Balaban J connectivity index is 1.98. The van der Waals surface area contributed by atoms with Crippen molar-refractivity contribution in [2.75, 3.05) is 0 Å². The Kier molecular flexibility index (Phi) is 5.27. The first-order chi connectivity index (χ1) is 12.3. The number of nitrogens with one attached hydrogen (secondary N) is 1. The third-order valence-electron chi connectivity index (χ3n) is 3.81. The second kappa shape index (κ2) is 7.78. The number of benzene rings is 2. The maximum absolute atomic E-state index is 5.39. The first-order valence-electron chi connectivity index (χ1n) is 7.90. The monoisotopic (exact) mass is 352 g/mol. The van der Waals surface area contributed by atoms with Crippen LogP contribution < -0.4 is 21.9 Å². The minimum atomic E-state index is 0.428. The lowest BCUT2D eigenvalue weighted by molar-refractivity contribution is 0.745. The van der Waals surface area contributed by atoms with Crippen molar-refractivity contribution in [3.05, 3.63) is 70.3 Å². The van der Waals surface area contributed by atoms with Gasteiger partial charge in [-0.25, -0.2) is 10.8 Å². The second-order valence-corrected chi connectivity index (χ2v) is 6.13. The molecule has 0 radical (unpaired) electrons. The maximum Gasteiger partial charge on any atom is 0.190 e. The van der Waals surface area contributed by atoms with Crippen LogP contribution in [0.3, 0.4) is 0 Å². The number of rotatable bonds is 4. The summed E-state index contributed by atoms with van der Waals surface area (Å²) in [6.45, 7) is 2.98. The molecule has 0 saturated heterocycles. The molecule has 6 nitrogen and oxygen atoms in total. The molecule has 25 heavy (non-hydrogen) atoms. The van der Waals surface area contributed by atoms with Gasteiger partial charge in [0.05, 0.1) is 11.4 Å². The van der Waals surface area contributed by atoms with Crippen LogP contribution in [0.2, 0.25) is 0 Å². The van der Waals surface area contributed by atoms with Crippen LogP contribution >= 0.6 is 11.3 Å². The molecule has 0 fully saturated rings. The van der Waals surface area contributed by atoms with Crippen LogP contribution in [0.15, 0.2) is 70.1 Å². The minimum absolute atomic E-state index is 0.428. The Labute approximate surface area is 150 Å². The van der Waals surface area contributed by atoms with Gasteiger partial charge in [0.2, 0.25) is 0 Å². The van der Waals surface area contributed by atoms with Crippen molar-refractivity contribution in [1.82, 2.24) is 9.99 Å². The molecule has 0 bridgehead atoms. The van der Waals surface area contributed by atoms with E-state index in [-0.39, 0.29) is 0 Å². The topological polar surface area (TPSA) is 93.7 Å². The summed E-state index contributed by atoms with van der Waals surface area (Å²) in [5.41, 5.74) is 6.50. The predicted molar refractivity (Wildman–Crippen MR) is 103 cm³/mol. The van der Waals surface area contributed by atoms with Gasteiger partial charge in [-0.05, 0) is 36.8 Å². The van der Waals surface area contributed by atoms with Crippen molar-refractivity contribution in [2.45, 2.75) is 13.5 Å². The van der Waals surface area contributed by atoms with E-state index in [0.717, 1.165) is 22.6 Å². The fourth-order valence-corrected chi connectivity index (χ4v) is 3.56. The Morgan fingerprint density at radius 2 is 1.84 bits per heavy atom. The summed E-state index contributed by atoms with van der Waals surface area (Å²) < 4.78 is 2.21. The van der Waals surface area contributed by atoms with Crippen molar-refractivity contribution < 1.29 is 0 Å². The van der Waals surface area contributed by atoms with Gasteiger partial charge < -0.3 is 15.8 Å². The molecular weight excluding hydrogens is 332 g/mol. The predicted octanol–water partition coefficient (Wildman–Crippen LogP) is 2.55. The molecule has 1 heterocycles. The van der Waals surface area contributed by atoms with Gasteiger partial charge in [-0.2, -0.15) is 5.10 Å². The fraction of sp³-hybridized carbons (Fsp3) is 0.111. The van der Waals surface area contributed by atoms with Gasteiger partial charge in [0.25, 0.3) is 0 Å². The Hall–Kier alpha value is -2.90. The van der Waals surface area contributed by atoms with Crippen molar-refractivity contribution in [3.63, 3.8) is 0 Å². The Morgan fingerprint density at radius 3 is 2.44 bits per heavy atom. The SMILES string of the molecule is CCn1c(-c2ccccc2)csc1=Nc1ccc(/C(=N\N)NN)cc1. The number of hydrazine groups is 1. The van der Waals surface area contributed by atoms with Crippen molar-refractivity contribution in [3.8, 4) is 11.3 Å². The quantitative estimate of drug-likeness (QED) is 0.291. The van der Waals surface area contributed by atoms with Gasteiger partial charge in [0.1, 0.15) is 0 Å². The molecule has 0 amide bonds. The third kappa shape index (κ3) is 3.62. The van der Waals surface area contributed by atoms with E-state index < -0.39 is 0 Å². The van der Waals surface area contributed by atoms with E-state index in [1.165, 1.54) is 11.3 Å². The van der Waals surface area contributed by atoms with Crippen LogP contribution in [-0.4, -0.2) is 10.4 Å². The lowest BCUT2D eigenvalue weighted by atomic mass is 10.2. The summed E-state index contributed by atoms with van der Waals surface area (Å²) in [5, 5.41) is 5.75. The highest BCUT2D eigenvalue weighted by Gasteiger charge is 2.06. The molecule has 7 heteroatoms. The van der Waals surface area contributed by atoms with Crippen molar-refractivity contribution >= 4 is 22.9 Å². The van der Waals surface area contributed by atoms with E-state index in [1.54, 1.807) is 11.3 Å². The summed E-state index contributed by atoms with van der Waals surface area (Å²) in [5.74, 6) is 11.1. The van der Waals surface area contributed by atoms with Crippen LogP contribution in [0.25, 0.3) is 11.3 Å². The summed E-state index contributed by atoms with van der Waals surface area (Å²) in [4.78, 5) is 5.73. The van der Waals surface area contributed by atoms with Gasteiger partial charge >= 0.3 is 0 Å². The van der Waals surface area contributed by atoms with Crippen molar-refractivity contribution in [2.24, 2.45) is 21.8 Å². The molecule has 0 aliphatic carbocycles. The molecule has 128 valence electrons. The number of hydrogen-bond acceptors (Lipinski definition) is 5. The molecule has 0 aliphatic rings. The van der Waals surface area contributed by atoms with E-state index in [9.17, 15) is 0 Å². The van der Waals surface area contributed by atoms with Crippen LogP contribution in [0, 0.1) is 0 Å². The van der Waals surface area contributed by atoms with Crippen LogP contribution in [-0.2, 0) is 6.54 Å². The van der Waals surface area contributed by atoms with E-state index in [2.05, 4.69) is 39.5 Å². The highest BCUT2D eigenvalue weighted by molar-refractivity contribution is 7.07. The molecule has 5 N–H and O–H groups in total. The molecule has 0 aliphatic heterocycles. The summed E-state index contributed by atoms with van der Waals surface area (Å²) >= 11 is 1.63. The lowest BCUT2D eigenvalue weighted by Crippen LogP contribution is -2.31. The van der Waals surface area contributed by atoms with E-state index in [0.29, 0.717) is 5.84 Å². The first kappa shape index (κ1) is 16.9. The first-order valence-corrected chi connectivity index (χ1v) is 8.78. The number of nitrogens with two attached hydrogens (primary N) is 2. The summed E-state index contributed by atoms with van der Waals surface area (Å²) in [6, 6.07) is 17.9. The van der Waals surface area contributed by atoms with E-state index >= 15 is 0 Å². The van der Waals surface area contributed by atoms with Gasteiger partial charge in [-0.3, -0.25) is 0 Å². The average Bonchev–Trinajstić information content (AvgIpc) is 3.07. The zero-order chi connectivity index (χ0) is 17.6. The van der Waals surface area contributed by atoms with Crippen molar-refractivity contribution in [1.29, 1.82) is 0 Å². The molecule has 0 unspecified atom stereocenters. The molecule has 3 rings (SSSR count). The summed E-state index contributed by atoms with van der Waals surface area (Å²) in [6.07, 6.45) is 0. The molecule has 0 saturated carbocycles. The van der Waals surface area contributed by atoms with Gasteiger partial charge in [0.15, 0.2) is 10.6 Å². The number of amidine groups is 1. The highest BCUT2D eigenvalue weighted by Crippen LogP contribution is 2.20. The highest BCUT2D eigenvalue weighted by atomic mass is 32.1. The van der Waals surface area contributed by atoms with Crippen LogP contribution in [0.5, 0.6) is 0 Å². The second-order valence-electron chi connectivity index (χ2n) is 5.29. The number of hydrazone groups is 1. The van der Waals surface area contributed by atoms with Gasteiger partial charge in [0, 0.05) is 17.5 Å². The molecular formula is C18H20N6S. The molecule has 2 aromatic carbocycles. The standard InChI is InChI=1S/C18H20N6S/c1-2-24-16(13-6-4-3-5-7-13)12-25-18(24)21-15-10-8-14(9-11-15)17(22-19)23-20/h3-12H,2,19-20H2,1H3,(H,22,23).